The number of nitrogens with one attached hydrogen (secondary N) is 3. The van der Waals surface area contributed by atoms with Crippen LogP contribution in [0.4, 0.5) is 5.69 Å². The van der Waals surface area contributed by atoms with Gasteiger partial charge in [-0.25, -0.2) is 0 Å². The molecule has 0 unspecified atom stereocenters. The van der Waals surface area contributed by atoms with Gasteiger partial charge in [-0.1, -0.05) is 65.3 Å². The number of H-pyrrole nitrogens is 1. The van der Waals surface area contributed by atoms with E-state index in [1.54, 1.807) is 0 Å². The molecule has 0 aliphatic carbocycles. The summed E-state index contributed by atoms with van der Waals surface area (Å²) in [5, 5.41) is 17.8. The van der Waals surface area contributed by atoms with Crippen LogP contribution in [0.1, 0.15) is 17.5 Å². The highest BCUT2D eigenvalue weighted by atomic mass is 35.5. The maximum absolute atomic E-state index is 6.30. The second-order valence-corrected chi connectivity index (χ2v) is 9.47. The lowest BCUT2D eigenvalue weighted by Crippen LogP contribution is -2.30. The van der Waals surface area contributed by atoms with Crippen LogP contribution in [-0.2, 0) is 19.4 Å². The number of halogens is 1. The summed E-state index contributed by atoms with van der Waals surface area (Å²) < 4.78 is 1.89. The zero-order valence-electron chi connectivity index (χ0n) is 19.7. The van der Waals surface area contributed by atoms with Crippen LogP contribution in [0.25, 0.3) is 22.2 Å². The number of anilines is 1. The number of rotatable bonds is 9. The molecule has 2 heterocycles. The summed E-state index contributed by atoms with van der Waals surface area (Å²) in [4.78, 5) is 3.32. The molecule has 0 saturated heterocycles. The molecular weight excluding hydrogens is 488 g/mol. The number of hydrogen-bond donors (Lipinski definition) is 3. The second kappa shape index (κ2) is 11.4. The smallest absolute Gasteiger partial charge is 0.170 e. The number of aromatic amines is 1. The second-order valence-electron chi connectivity index (χ2n) is 8.63. The van der Waals surface area contributed by atoms with Crippen molar-refractivity contribution in [2.75, 3.05) is 11.9 Å². The highest BCUT2D eigenvalue weighted by Crippen LogP contribution is 2.23. The van der Waals surface area contributed by atoms with E-state index in [4.69, 9.17) is 23.8 Å². The van der Waals surface area contributed by atoms with E-state index in [2.05, 4.69) is 50.3 Å². The van der Waals surface area contributed by atoms with E-state index in [1.807, 2.05) is 65.5 Å². The van der Waals surface area contributed by atoms with Gasteiger partial charge in [-0.3, -0.25) is 4.68 Å². The predicted octanol–water partition coefficient (Wildman–Crippen LogP) is 6.24. The van der Waals surface area contributed by atoms with E-state index in [0.717, 1.165) is 60.4 Å². The zero-order valence-corrected chi connectivity index (χ0v) is 21.3. The fourth-order valence-corrected chi connectivity index (χ4v) is 4.69. The largest absolute Gasteiger partial charge is 0.362 e. The SMILES string of the molecule is S=C(NCCc1c[nH]c2ccccc12)Nc1ccc(Cl)cc1CCCn1cc(-c2ccccc2)nn1. The Bertz CT molecular complexity index is 1460. The number of fused-ring (bicyclic) bond motifs is 1. The highest BCUT2D eigenvalue weighted by Gasteiger charge is 2.08. The molecule has 0 atom stereocenters. The number of thiocarbonyl (C=S) groups is 1. The van der Waals surface area contributed by atoms with E-state index in [1.165, 1.54) is 10.9 Å². The fourth-order valence-electron chi connectivity index (χ4n) is 4.29. The molecule has 0 spiro atoms. The molecular formula is C28H27ClN6S. The van der Waals surface area contributed by atoms with Gasteiger partial charge in [0, 0.05) is 46.5 Å². The quantitative estimate of drug-likeness (QED) is 0.203. The van der Waals surface area contributed by atoms with Gasteiger partial charge in [-0.2, -0.15) is 0 Å². The molecule has 3 N–H and O–H groups in total. The third-order valence-corrected chi connectivity index (χ3v) is 6.59. The van der Waals surface area contributed by atoms with Gasteiger partial charge >= 0.3 is 0 Å². The van der Waals surface area contributed by atoms with Crippen LogP contribution in [0, 0.1) is 0 Å². The molecule has 0 radical (unpaired) electrons. The Morgan fingerprint density at radius 3 is 2.69 bits per heavy atom. The maximum atomic E-state index is 6.30. The number of aromatic nitrogens is 4. The van der Waals surface area contributed by atoms with Gasteiger partial charge in [-0.05, 0) is 66.9 Å². The molecule has 0 fully saturated rings. The molecule has 36 heavy (non-hydrogen) atoms. The molecule has 2 aromatic heterocycles. The van der Waals surface area contributed by atoms with Gasteiger partial charge in [0.25, 0.3) is 0 Å². The lowest BCUT2D eigenvalue weighted by Gasteiger charge is -2.15. The molecule has 0 aliphatic heterocycles. The van der Waals surface area contributed by atoms with Crippen LogP contribution in [0.15, 0.2) is 85.2 Å². The zero-order chi connectivity index (χ0) is 24.7. The van der Waals surface area contributed by atoms with Crippen LogP contribution in [0.5, 0.6) is 0 Å². The Morgan fingerprint density at radius 1 is 0.972 bits per heavy atom. The van der Waals surface area contributed by atoms with Crippen LogP contribution in [0.3, 0.4) is 0 Å². The van der Waals surface area contributed by atoms with Gasteiger partial charge in [0.15, 0.2) is 5.11 Å². The van der Waals surface area contributed by atoms with Crippen molar-refractivity contribution in [1.82, 2.24) is 25.3 Å². The average Bonchev–Trinajstić information content (AvgIpc) is 3.54. The minimum atomic E-state index is 0.599. The first-order valence-electron chi connectivity index (χ1n) is 12.0. The van der Waals surface area contributed by atoms with Gasteiger partial charge in [0.2, 0.25) is 0 Å². The molecule has 0 amide bonds. The van der Waals surface area contributed by atoms with Gasteiger partial charge in [0.1, 0.15) is 5.69 Å². The third kappa shape index (κ3) is 5.93. The van der Waals surface area contributed by atoms with Crippen LogP contribution in [0.2, 0.25) is 5.02 Å². The Balaban J connectivity index is 1.14. The van der Waals surface area contributed by atoms with E-state index < -0.39 is 0 Å². The first-order chi connectivity index (χ1) is 17.7. The average molecular weight is 515 g/mol. The van der Waals surface area contributed by atoms with Gasteiger partial charge in [-0.15, -0.1) is 5.10 Å². The number of aryl methyl sites for hydroxylation is 2. The first kappa shape index (κ1) is 24.0. The van der Waals surface area contributed by atoms with Gasteiger partial charge in [0.05, 0.1) is 6.20 Å². The minimum absolute atomic E-state index is 0.599. The first-order valence-corrected chi connectivity index (χ1v) is 12.8. The summed E-state index contributed by atoms with van der Waals surface area (Å²) in [6.07, 6.45) is 6.66. The molecule has 0 bridgehead atoms. The Hall–Kier alpha value is -3.68. The number of para-hydroxylation sites is 1. The molecule has 3 aromatic carbocycles. The van der Waals surface area contributed by atoms with E-state index in [9.17, 15) is 0 Å². The number of benzene rings is 3. The fraction of sp³-hybridized carbons (Fsp3) is 0.179. The molecule has 6 nitrogen and oxygen atoms in total. The summed E-state index contributed by atoms with van der Waals surface area (Å²) in [6.45, 7) is 1.51. The molecule has 5 aromatic rings. The number of nitrogens with zero attached hydrogens (tertiary/aromatic N) is 3. The van der Waals surface area contributed by atoms with Crippen molar-refractivity contribution < 1.29 is 0 Å². The predicted molar refractivity (Wildman–Crippen MR) is 151 cm³/mol. The lowest BCUT2D eigenvalue weighted by atomic mass is 10.1. The Labute approximate surface area is 220 Å². The summed E-state index contributed by atoms with van der Waals surface area (Å²) in [7, 11) is 0. The molecule has 0 saturated carbocycles. The van der Waals surface area contributed by atoms with Crippen molar-refractivity contribution in [2.24, 2.45) is 0 Å². The molecule has 182 valence electrons. The maximum Gasteiger partial charge on any atom is 0.170 e. The van der Waals surface area contributed by atoms with E-state index in [-0.39, 0.29) is 0 Å². The lowest BCUT2D eigenvalue weighted by molar-refractivity contribution is 0.559. The van der Waals surface area contributed by atoms with Crippen LogP contribution < -0.4 is 10.6 Å². The van der Waals surface area contributed by atoms with Crippen molar-refractivity contribution in [3.63, 3.8) is 0 Å². The number of hydrogen-bond acceptors (Lipinski definition) is 3. The van der Waals surface area contributed by atoms with Crippen molar-refractivity contribution >= 4 is 45.5 Å². The summed E-state index contributed by atoms with van der Waals surface area (Å²) in [5.41, 5.74) is 6.46. The third-order valence-electron chi connectivity index (χ3n) is 6.11. The summed E-state index contributed by atoms with van der Waals surface area (Å²) in [6, 6.07) is 24.3. The van der Waals surface area contributed by atoms with E-state index >= 15 is 0 Å². The molecule has 5 rings (SSSR count). The topological polar surface area (TPSA) is 70.6 Å². The van der Waals surface area contributed by atoms with Crippen molar-refractivity contribution in [2.45, 2.75) is 25.8 Å². The van der Waals surface area contributed by atoms with Crippen LogP contribution in [-0.4, -0.2) is 31.6 Å². The molecule has 8 heteroatoms. The highest BCUT2D eigenvalue weighted by molar-refractivity contribution is 7.80. The van der Waals surface area contributed by atoms with Crippen molar-refractivity contribution in [1.29, 1.82) is 0 Å². The monoisotopic (exact) mass is 514 g/mol. The Kier molecular flexibility index (Phi) is 7.59. The van der Waals surface area contributed by atoms with Crippen molar-refractivity contribution in [3.8, 4) is 11.3 Å². The normalized spacial score (nSPS) is 11.0. The van der Waals surface area contributed by atoms with E-state index in [0.29, 0.717) is 10.1 Å². The minimum Gasteiger partial charge on any atom is -0.362 e. The van der Waals surface area contributed by atoms with Gasteiger partial charge < -0.3 is 15.6 Å². The summed E-state index contributed by atoms with van der Waals surface area (Å²) in [5.74, 6) is 0. The Morgan fingerprint density at radius 2 is 1.81 bits per heavy atom. The van der Waals surface area contributed by atoms with Crippen molar-refractivity contribution in [3.05, 3.63) is 101 Å². The standard InChI is InChI=1S/C28H27ClN6S/c29-23-12-13-25(32-28(36)30-15-14-22-18-31-26-11-5-4-10-24(22)26)21(17-23)9-6-16-35-19-27(33-34-35)20-7-2-1-3-8-20/h1-5,7-8,10-13,17-19,31H,6,9,14-16H2,(H2,30,32,36). The van der Waals surface area contributed by atoms with Crippen LogP contribution >= 0.6 is 23.8 Å². The summed E-state index contributed by atoms with van der Waals surface area (Å²) >= 11 is 11.9. The molecule has 0 aliphatic rings.